The van der Waals surface area contributed by atoms with Crippen molar-refractivity contribution < 1.29 is 14.8 Å². The van der Waals surface area contributed by atoms with E-state index in [0.717, 1.165) is 48.3 Å². The van der Waals surface area contributed by atoms with Gasteiger partial charge in [-0.2, -0.15) is 9.36 Å². The van der Waals surface area contributed by atoms with Gasteiger partial charge in [-0.05, 0) is 18.6 Å². The fourth-order valence-corrected chi connectivity index (χ4v) is 4.34. The molecule has 9 nitrogen and oxygen atoms in total. The summed E-state index contributed by atoms with van der Waals surface area (Å²) in [5.41, 5.74) is 1.71. The molecular formula is C22H25N5O4S. The summed E-state index contributed by atoms with van der Waals surface area (Å²) in [6.45, 7) is 5.38. The molecule has 32 heavy (non-hydrogen) atoms. The molecular weight excluding hydrogens is 430 g/mol. The highest BCUT2D eigenvalue weighted by Crippen LogP contribution is 2.28. The Labute approximate surface area is 190 Å². The summed E-state index contributed by atoms with van der Waals surface area (Å²) in [5, 5.41) is 22.5. The molecule has 0 spiro atoms. The molecule has 2 aromatic carbocycles. The van der Waals surface area contributed by atoms with Crippen molar-refractivity contribution in [1.82, 2.24) is 14.3 Å². The Bertz CT molecular complexity index is 1050. The number of aliphatic hydroxyl groups is 1. The van der Waals surface area contributed by atoms with Crippen molar-refractivity contribution in [2.45, 2.75) is 13.0 Å². The van der Waals surface area contributed by atoms with Crippen LogP contribution in [0.15, 0.2) is 48.5 Å². The van der Waals surface area contributed by atoms with E-state index >= 15 is 0 Å². The van der Waals surface area contributed by atoms with Crippen LogP contribution in [0, 0.1) is 17.0 Å². The van der Waals surface area contributed by atoms with Gasteiger partial charge in [0.15, 0.2) is 11.6 Å². The molecule has 1 unspecified atom stereocenters. The number of piperazine rings is 1. The van der Waals surface area contributed by atoms with Crippen LogP contribution in [-0.4, -0.2) is 69.7 Å². The zero-order valence-corrected chi connectivity index (χ0v) is 18.6. The Morgan fingerprint density at radius 2 is 1.94 bits per heavy atom. The minimum absolute atomic E-state index is 0.000944. The number of nitro groups is 1. The zero-order chi connectivity index (χ0) is 22.5. The lowest BCUT2D eigenvalue weighted by Crippen LogP contribution is -2.49. The summed E-state index contributed by atoms with van der Waals surface area (Å²) in [4.78, 5) is 19.8. The van der Waals surface area contributed by atoms with Crippen LogP contribution in [0.25, 0.3) is 11.4 Å². The Hall–Kier alpha value is -3.08. The molecule has 1 atom stereocenters. The number of aryl methyl sites for hydroxylation is 1. The van der Waals surface area contributed by atoms with Crippen LogP contribution in [0.5, 0.6) is 5.75 Å². The van der Waals surface area contributed by atoms with E-state index in [1.54, 1.807) is 19.1 Å². The van der Waals surface area contributed by atoms with Gasteiger partial charge in [0, 0.05) is 55.9 Å². The molecule has 0 radical (unpaired) electrons. The smallest absolute Gasteiger partial charge is 0.311 e. The molecule has 4 rings (SSSR count). The van der Waals surface area contributed by atoms with E-state index in [2.05, 4.69) is 19.2 Å². The van der Waals surface area contributed by atoms with Crippen LogP contribution in [-0.2, 0) is 0 Å². The van der Waals surface area contributed by atoms with Crippen LogP contribution in [0.3, 0.4) is 0 Å². The van der Waals surface area contributed by atoms with Crippen LogP contribution in [0.4, 0.5) is 10.8 Å². The highest BCUT2D eigenvalue weighted by Gasteiger charge is 2.23. The van der Waals surface area contributed by atoms with Gasteiger partial charge in [0.25, 0.3) is 0 Å². The first-order valence-electron chi connectivity index (χ1n) is 10.4. The van der Waals surface area contributed by atoms with Gasteiger partial charge in [-0.25, -0.2) is 0 Å². The van der Waals surface area contributed by atoms with E-state index in [4.69, 9.17) is 4.74 Å². The second-order valence-corrected chi connectivity index (χ2v) is 8.48. The predicted molar refractivity (Wildman–Crippen MR) is 123 cm³/mol. The lowest BCUT2D eigenvalue weighted by Gasteiger charge is -2.35. The van der Waals surface area contributed by atoms with Gasteiger partial charge in [0.05, 0.1) is 4.92 Å². The number of rotatable bonds is 8. The van der Waals surface area contributed by atoms with Gasteiger partial charge in [-0.15, -0.1) is 0 Å². The summed E-state index contributed by atoms with van der Waals surface area (Å²) in [6.07, 6.45) is -0.742. The van der Waals surface area contributed by atoms with E-state index < -0.39 is 11.0 Å². The van der Waals surface area contributed by atoms with Gasteiger partial charge < -0.3 is 14.7 Å². The summed E-state index contributed by atoms with van der Waals surface area (Å²) in [7, 11) is 0. The van der Waals surface area contributed by atoms with Crippen LogP contribution >= 0.6 is 11.5 Å². The van der Waals surface area contributed by atoms with Crippen molar-refractivity contribution in [3.8, 4) is 17.1 Å². The highest BCUT2D eigenvalue weighted by molar-refractivity contribution is 7.09. The number of anilines is 1. The number of aromatic nitrogens is 2. The summed E-state index contributed by atoms with van der Waals surface area (Å²) in [5.74, 6) is 0.917. The third-order valence-electron chi connectivity index (χ3n) is 5.30. The van der Waals surface area contributed by atoms with Crippen molar-refractivity contribution in [3.63, 3.8) is 0 Å². The van der Waals surface area contributed by atoms with Crippen LogP contribution < -0.4 is 9.64 Å². The fraction of sp³-hybridized carbons (Fsp3) is 0.364. The Balaban J connectivity index is 1.26. The molecule has 1 aromatic heterocycles. The molecule has 0 amide bonds. The zero-order valence-electron chi connectivity index (χ0n) is 17.8. The van der Waals surface area contributed by atoms with Crippen molar-refractivity contribution in [3.05, 3.63) is 64.2 Å². The third-order valence-corrected chi connectivity index (χ3v) is 6.08. The minimum atomic E-state index is -0.742. The molecule has 1 N–H and O–H groups in total. The number of nitrogens with zero attached hydrogens (tertiary/aromatic N) is 5. The number of ether oxygens (including phenoxy) is 1. The maximum absolute atomic E-state index is 11.2. The number of β-amino-alcohol motifs (C(OH)–C–C–N with tert-alkyl or cyclic N) is 1. The first-order chi connectivity index (χ1) is 15.5. The standard InChI is InChI=1S/C22H25N5O4S/c1-16-7-8-20(19(13-16)27(29)30)31-15-18(28)14-25-9-11-26(12-10-25)22-23-21(24-32-22)17-5-3-2-4-6-17/h2-8,13,18,28H,9-12,14-15H2,1H3. The fourth-order valence-electron chi connectivity index (χ4n) is 3.60. The second kappa shape index (κ2) is 10.0. The molecule has 2 heterocycles. The summed E-state index contributed by atoms with van der Waals surface area (Å²) >= 11 is 1.40. The molecule has 10 heteroatoms. The van der Waals surface area contributed by atoms with Crippen LogP contribution in [0.2, 0.25) is 0 Å². The van der Waals surface area contributed by atoms with Crippen molar-refractivity contribution in [2.24, 2.45) is 0 Å². The summed E-state index contributed by atoms with van der Waals surface area (Å²) in [6, 6.07) is 14.7. The summed E-state index contributed by atoms with van der Waals surface area (Å²) < 4.78 is 10.0. The topological polar surface area (TPSA) is 105 Å². The highest BCUT2D eigenvalue weighted by atomic mass is 32.1. The average molecular weight is 456 g/mol. The second-order valence-electron chi connectivity index (χ2n) is 7.75. The van der Waals surface area contributed by atoms with E-state index in [0.29, 0.717) is 6.54 Å². The average Bonchev–Trinajstić information content (AvgIpc) is 3.29. The van der Waals surface area contributed by atoms with Crippen molar-refractivity contribution >= 4 is 22.4 Å². The van der Waals surface area contributed by atoms with E-state index in [9.17, 15) is 15.2 Å². The molecule has 3 aromatic rings. The van der Waals surface area contributed by atoms with E-state index in [-0.39, 0.29) is 18.0 Å². The SMILES string of the molecule is Cc1ccc(OCC(O)CN2CCN(c3nc(-c4ccccc4)ns3)CC2)c([N+](=O)[O-])c1. The Morgan fingerprint density at radius 3 is 2.66 bits per heavy atom. The van der Waals surface area contributed by atoms with Gasteiger partial charge in [0.1, 0.15) is 12.7 Å². The molecule has 1 fully saturated rings. The van der Waals surface area contributed by atoms with Crippen molar-refractivity contribution in [1.29, 1.82) is 0 Å². The maximum Gasteiger partial charge on any atom is 0.311 e. The number of hydrogen-bond acceptors (Lipinski definition) is 9. The van der Waals surface area contributed by atoms with E-state index in [1.165, 1.54) is 17.6 Å². The normalized spacial score (nSPS) is 15.5. The number of aliphatic hydroxyl groups excluding tert-OH is 1. The lowest BCUT2D eigenvalue weighted by atomic mass is 10.2. The van der Waals surface area contributed by atoms with Crippen LogP contribution in [0.1, 0.15) is 5.56 Å². The predicted octanol–water partition coefficient (Wildman–Crippen LogP) is 2.98. The van der Waals surface area contributed by atoms with Gasteiger partial charge in [0.2, 0.25) is 5.13 Å². The Kier molecular flexibility index (Phi) is 6.93. The first-order valence-corrected chi connectivity index (χ1v) is 11.2. The molecule has 1 aliphatic heterocycles. The molecule has 1 aliphatic rings. The van der Waals surface area contributed by atoms with E-state index in [1.807, 2.05) is 30.3 Å². The molecule has 0 aliphatic carbocycles. The maximum atomic E-state index is 11.2. The molecule has 0 bridgehead atoms. The minimum Gasteiger partial charge on any atom is -0.484 e. The van der Waals surface area contributed by atoms with Crippen molar-refractivity contribution in [2.75, 3.05) is 44.2 Å². The largest absolute Gasteiger partial charge is 0.484 e. The first kappa shape index (κ1) is 22.1. The quantitative estimate of drug-likeness (QED) is 0.408. The number of hydrogen-bond donors (Lipinski definition) is 1. The number of nitro benzene ring substituents is 1. The van der Waals surface area contributed by atoms with Gasteiger partial charge >= 0.3 is 5.69 Å². The van der Waals surface area contributed by atoms with Gasteiger partial charge in [-0.1, -0.05) is 36.4 Å². The molecule has 1 saturated heterocycles. The third kappa shape index (κ3) is 5.39. The lowest BCUT2D eigenvalue weighted by molar-refractivity contribution is -0.386. The monoisotopic (exact) mass is 455 g/mol. The molecule has 0 saturated carbocycles. The number of benzene rings is 2. The van der Waals surface area contributed by atoms with Gasteiger partial charge in [-0.3, -0.25) is 15.0 Å². The molecule has 168 valence electrons. The Morgan fingerprint density at radius 1 is 1.19 bits per heavy atom.